The van der Waals surface area contributed by atoms with Crippen LogP contribution in [0.1, 0.15) is 39.0 Å². The van der Waals surface area contributed by atoms with Crippen LogP contribution in [0.4, 0.5) is 0 Å². The molecule has 0 radical (unpaired) electrons. The van der Waals surface area contributed by atoms with Crippen molar-refractivity contribution < 1.29 is 9.59 Å². The molecule has 0 spiro atoms. The van der Waals surface area contributed by atoms with Crippen LogP contribution in [-0.4, -0.2) is 54.7 Å². The van der Waals surface area contributed by atoms with Crippen LogP contribution in [0.2, 0.25) is 0 Å². The third-order valence-electron chi connectivity index (χ3n) is 3.42. The van der Waals surface area contributed by atoms with Crippen LogP contribution in [0.25, 0.3) is 0 Å². The number of likely N-dealkylation sites (tertiary alicyclic amines) is 2. The number of piperidine rings is 2. The molecular weight excluding hydrogens is 216 g/mol. The van der Waals surface area contributed by atoms with E-state index in [1.54, 1.807) is 4.90 Å². The smallest absolute Gasteiger partial charge is 0.222 e. The van der Waals surface area contributed by atoms with Crippen LogP contribution in [0.3, 0.4) is 0 Å². The summed E-state index contributed by atoms with van der Waals surface area (Å²) in [4.78, 5) is 25.5. The molecule has 2 heterocycles. The first-order valence-corrected chi connectivity index (χ1v) is 6.61. The van der Waals surface area contributed by atoms with Crippen molar-refractivity contribution in [3.8, 4) is 0 Å². The van der Waals surface area contributed by atoms with Gasteiger partial charge in [0.05, 0.1) is 0 Å². The van der Waals surface area contributed by atoms with Gasteiger partial charge in [-0.25, -0.2) is 0 Å². The highest BCUT2D eigenvalue weighted by molar-refractivity contribution is 5.79. The Morgan fingerprint density at radius 2 is 1.65 bits per heavy atom. The molecule has 0 bridgehead atoms. The highest BCUT2D eigenvalue weighted by Gasteiger charge is 2.13. The fraction of sp³-hybridized carbons (Fsp3) is 0.846. The lowest BCUT2D eigenvalue weighted by Crippen LogP contribution is -2.33. The highest BCUT2D eigenvalue weighted by atomic mass is 16.2. The molecular formula is C13H24N2O2. The zero-order valence-electron chi connectivity index (χ0n) is 11.1. The minimum atomic E-state index is 0.302. The number of hydrogen-bond acceptors (Lipinski definition) is 3. The van der Waals surface area contributed by atoms with Crippen molar-refractivity contribution in [2.45, 2.75) is 39.0 Å². The fourth-order valence-electron chi connectivity index (χ4n) is 2.06. The molecule has 0 aromatic heterocycles. The summed E-state index contributed by atoms with van der Waals surface area (Å²) in [6.07, 6.45) is 4.57. The van der Waals surface area contributed by atoms with E-state index in [2.05, 4.69) is 11.8 Å². The van der Waals surface area contributed by atoms with E-state index in [0.717, 1.165) is 51.9 Å². The van der Waals surface area contributed by atoms with Crippen molar-refractivity contribution in [3.05, 3.63) is 0 Å². The van der Waals surface area contributed by atoms with Gasteiger partial charge in [0, 0.05) is 45.9 Å². The number of carbonyl (C=O) groups is 2. The number of carbonyl (C=O) groups excluding carboxylic acids is 2. The molecule has 1 amide bonds. The van der Waals surface area contributed by atoms with E-state index in [0.29, 0.717) is 11.7 Å². The highest BCUT2D eigenvalue weighted by Crippen LogP contribution is 2.06. The summed E-state index contributed by atoms with van der Waals surface area (Å²) in [5, 5.41) is 0. The van der Waals surface area contributed by atoms with Crippen LogP contribution in [0.15, 0.2) is 0 Å². The normalized spacial score (nSPS) is 22.1. The van der Waals surface area contributed by atoms with Gasteiger partial charge in [0.2, 0.25) is 5.91 Å². The van der Waals surface area contributed by atoms with Crippen LogP contribution in [0.5, 0.6) is 0 Å². The van der Waals surface area contributed by atoms with Gasteiger partial charge in [0.25, 0.3) is 0 Å². The monoisotopic (exact) mass is 240 g/mol. The third-order valence-corrected chi connectivity index (χ3v) is 3.42. The van der Waals surface area contributed by atoms with E-state index in [9.17, 15) is 9.59 Å². The van der Waals surface area contributed by atoms with E-state index in [4.69, 9.17) is 0 Å². The maximum atomic E-state index is 10.7. The second-order valence-electron chi connectivity index (χ2n) is 4.75. The average Bonchev–Trinajstić information content (AvgIpc) is 2.35. The molecule has 2 rings (SSSR count). The van der Waals surface area contributed by atoms with Gasteiger partial charge in [-0.1, -0.05) is 6.92 Å². The molecule has 2 aliphatic rings. The first-order valence-electron chi connectivity index (χ1n) is 6.61. The molecule has 2 fully saturated rings. The van der Waals surface area contributed by atoms with E-state index < -0.39 is 0 Å². The minimum absolute atomic E-state index is 0.302. The van der Waals surface area contributed by atoms with Gasteiger partial charge >= 0.3 is 0 Å². The number of rotatable bonds is 1. The van der Waals surface area contributed by atoms with Gasteiger partial charge in [-0.3, -0.25) is 9.59 Å². The molecule has 0 atom stereocenters. The Hall–Kier alpha value is -0.900. The van der Waals surface area contributed by atoms with Gasteiger partial charge < -0.3 is 9.80 Å². The Labute approximate surface area is 104 Å². The van der Waals surface area contributed by atoms with E-state index >= 15 is 0 Å². The largest absolute Gasteiger partial charge is 0.346 e. The molecule has 4 heteroatoms. The Morgan fingerprint density at radius 3 is 2.06 bits per heavy atom. The quantitative estimate of drug-likeness (QED) is 0.693. The number of hydrogen-bond donors (Lipinski definition) is 0. The van der Waals surface area contributed by atoms with Gasteiger partial charge in [-0.15, -0.1) is 0 Å². The van der Waals surface area contributed by atoms with Crippen LogP contribution in [-0.2, 0) is 9.59 Å². The van der Waals surface area contributed by atoms with Gasteiger partial charge in [0.1, 0.15) is 5.78 Å². The Morgan fingerprint density at radius 1 is 1.00 bits per heavy atom. The lowest BCUT2D eigenvalue weighted by molar-refractivity contribution is -0.131. The van der Waals surface area contributed by atoms with Gasteiger partial charge in [-0.05, 0) is 19.4 Å². The van der Waals surface area contributed by atoms with Gasteiger partial charge in [0.15, 0.2) is 0 Å². The van der Waals surface area contributed by atoms with E-state index in [-0.39, 0.29) is 0 Å². The van der Waals surface area contributed by atoms with E-state index in [1.165, 1.54) is 6.42 Å². The molecule has 0 saturated carbocycles. The number of amides is 1. The second-order valence-corrected chi connectivity index (χ2v) is 4.75. The summed E-state index contributed by atoms with van der Waals surface area (Å²) < 4.78 is 0. The third kappa shape index (κ3) is 5.31. The standard InChI is InChI=1S/C7H13NO.C6H11NO/c1-2-8-5-3-7(9)4-6-8;1-7-5-3-2-4-6(7)8/h2-6H2,1H3;2-5H2,1H3. The van der Waals surface area contributed by atoms with Crippen molar-refractivity contribution in [2.24, 2.45) is 0 Å². The number of Topliss-reactive ketones (excluding diaryl/α,β-unsaturated/α-hetero) is 1. The summed E-state index contributed by atoms with van der Waals surface area (Å²) in [6.45, 7) is 6.15. The zero-order valence-corrected chi connectivity index (χ0v) is 11.1. The minimum Gasteiger partial charge on any atom is -0.346 e. The number of ketones is 1. The van der Waals surface area contributed by atoms with E-state index in [1.807, 2.05) is 7.05 Å². The van der Waals surface area contributed by atoms with Crippen molar-refractivity contribution in [1.29, 1.82) is 0 Å². The second kappa shape index (κ2) is 7.43. The predicted octanol–water partition coefficient (Wildman–Crippen LogP) is 1.30. The molecule has 4 nitrogen and oxygen atoms in total. The summed E-state index contributed by atoms with van der Waals surface area (Å²) >= 11 is 0. The van der Waals surface area contributed by atoms with Crippen molar-refractivity contribution >= 4 is 11.7 Å². The first-order chi connectivity index (χ1) is 8.13. The van der Waals surface area contributed by atoms with Crippen LogP contribution in [0, 0.1) is 0 Å². The Balaban J connectivity index is 0.000000171. The topological polar surface area (TPSA) is 40.6 Å². The molecule has 2 aliphatic heterocycles. The Bertz CT molecular complexity index is 256. The van der Waals surface area contributed by atoms with Crippen LogP contribution >= 0.6 is 0 Å². The van der Waals surface area contributed by atoms with Gasteiger partial charge in [-0.2, -0.15) is 0 Å². The summed E-state index contributed by atoms with van der Waals surface area (Å²) in [6, 6.07) is 0. The molecule has 0 aliphatic carbocycles. The zero-order chi connectivity index (χ0) is 12.7. The molecule has 98 valence electrons. The lowest BCUT2D eigenvalue weighted by Gasteiger charge is -2.23. The average molecular weight is 240 g/mol. The lowest BCUT2D eigenvalue weighted by atomic mass is 10.1. The maximum Gasteiger partial charge on any atom is 0.222 e. The van der Waals surface area contributed by atoms with Crippen molar-refractivity contribution in [1.82, 2.24) is 9.80 Å². The summed E-state index contributed by atoms with van der Waals surface area (Å²) in [5.41, 5.74) is 0. The summed E-state index contributed by atoms with van der Waals surface area (Å²) in [5.74, 6) is 0.732. The Kier molecular flexibility index (Phi) is 6.19. The molecule has 0 aromatic carbocycles. The SMILES string of the molecule is CCN1CCC(=O)CC1.CN1CCCCC1=O. The van der Waals surface area contributed by atoms with Crippen molar-refractivity contribution in [2.75, 3.05) is 33.2 Å². The molecule has 17 heavy (non-hydrogen) atoms. The molecule has 0 aromatic rings. The van der Waals surface area contributed by atoms with Crippen molar-refractivity contribution in [3.63, 3.8) is 0 Å². The molecule has 2 saturated heterocycles. The molecule has 0 N–H and O–H groups in total. The fourth-order valence-corrected chi connectivity index (χ4v) is 2.06. The summed E-state index contributed by atoms with van der Waals surface area (Å²) in [7, 11) is 1.86. The molecule has 0 unspecified atom stereocenters. The predicted molar refractivity (Wildman–Crippen MR) is 67.8 cm³/mol. The maximum absolute atomic E-state index is 10.7. The van der Waals surface area contributed by atoms with Crippen LogP contribution < -0.4 is 0 Å². The first kappa shape index (κ1) is 14.2. The number of nitrogens with zero attached hydrogens (tertiary/aromatic N) is 2.